The maximum absolute atomic E-state index is 3.98. The van der Waals surface area contributed by atoms with Crippen LogP contribution >= 0.6 is 0 Å². The van der Waals surface area contributed by atoms with E-state index in [2.05, 4.69) is 30.1 Å². The molecule has 0 amide bonds. The second-order valence-corrected chi connectivity index (χ2v) is 2.44. The minimum absolute atomic E-state index is 0.558. The zero-order valence-electron chi connectivity index (χ0n) is 5.91. The highest BCUT2D eigenvalue weighted by Gasteiger charge is 2.06. The normalized spacial score (nSPS) is 25.4. The van der Waals surface area contributed by atoms with Gasteiger partial charge in [-0.3, -0.25) is 4.99 Å². The summed E-state index contributed by atoms with van der Waals surface area (Å²) in [5.74, 6) is 0. The Hall–Kier alpha value is -0.630. The summed E-state index contributed by atoms with van der Waals surface area (Å²) in [7, 11) is 4.16. The molecule has 0 radical (unpaired) electrons. The van der Waals surface area contributed by atoms with Crippen LogP contribution in [0.5, 0.6) is 0 Å². The number of rotatable bonds is 1. The van der Waals surface area contributed by atoms with E-state index in [9.17, 15) is 0 Å². The first-order valence-corrected chi connectivity index (χ1v) is 3.15. The predicted octanol–water partition coefficient (Wildman–Crippen LogP) is 0.905. The predicted molar refractivity (Wildman–Crippen MR) is 39.7 cm³/mol. The van der Waals surface area contributed by atoms with E-state index in [0.29, 0.717) is 6.04 Å². The number of hydrogen-bond acceptors (Lipinski definition) is 2. The fraction of sp³-hybridized carbons (Fsp3) is 0.571. The van der Waals surface area contributed by atoms with Crippen LogP contribution in [0.15, 0.2) is 17.3 Å². The number of aliphatic imine (C=N–C) groups is 1. The zero-order valence-corrected chi connectivity index (χ0v) is 5.91. The smallest absolute Gasteiger partial charge is 0.0339 e. The minimum atomic E-state index is 0.558. The third-order valence-corrected chi connectivity index (χ3v) is 1.51. The fourth-order valence-electron chi connectivity index (χ4n) is 0.840. The monoisotopic (exact) mass is 124 g/mol. The number of hydrogen-bond donors (Lipinski definition) is 0. The Balaban J connectivity index is 2.46. The van der Waals surface area contributed by atoms with E-state index in [0.717, 1.165) is 6.42 Å². The van der Waals surface area contributed by atoms with E-state index in [4.69, 9.17) is 0 Å². The second-order valence-electron chi connectivity index (χ2n) is 2.44. The van der Waals surface area contributed by atoms with E-state index >= 15 is 0 Å². The van der Waals surface area contributed by atoms with Crippen molar-refractivity contribution in [3.63, 3.8) is 0 Å². The molecule has 0 fully saturated rings. The first-order chi connectivity index (χ1) is 4.30. The lowest BCUT2D eigenvalue weighted by atomic mass is 10.2. The summed E-state index contributed by atoms with van der Waals surface area (Å²) in [5.41, 5.74) is 0. The third kappa shape index (κ3) is 1.64. The van der Waals surface area contributed by atoms with Gasteiger partial charge in [-0.1, -0.05) is 0 Å². The summed E-state index contributed by atoms with van der Waals surface area (Å²) in [4.78, 5) is 6.16. The molecule has 50 valence electrons. The van der Waals surface area contributed by atoms with Gasteiger partial charge in [0.2, 0.25) is 0 Å². The molecule has 0 aromatic carbocycles. The van der Waals surface area contributed by atoms with Crippen LogP contribution in [-0.4, -0.2) is 31.3 Å². The van der Waals surface area contributed by atoms with Gasteiger partial charge in [-0.15, -0.1) is 0 Å². The van der Waals surface area contributed by atoms with Gasteiger partial charge < -0.3 is 4.90 Å². The summed E-state index contributed by atoms with van der Waals surface area (Å²) in [6.07, 6.45) is 6.96. The van der Waals surface area contributed by atoms with Gasteiger partial charge in [0.15, 0.2) is 0 Å². The van der Waals surface area contributed by atoms with Crippen molar-refractivity contribution in [2.24, 2.45) is 4.99 Å². The molecule has 0 saturated heterocycles. The van der Waals surface area contributed by atoms with E-state index in [1.54, 1.807) is 0 Å². The summed E-state index contributed by atoms with van der Waals surface area (Å²) >= 11 is 0. The van der Waals surface area contributed by atoms with Gasteiger partial charge >= 0.3 is 0 Å². The van der Waals surface area contributed by atoms with Crippen LogP contribution < -0.4 is 0 Å². The van der Waals surface area contributed by atoms with Gasteiger partial charge in [0.05, 0.1) is 0 Å². The van der Waals surface area contributed by atoms with Crippen LogP contribution in [0, 0.1) is 0 Å². The molecule has 0 saturated carbocycles. The molecule has 1 aliphatic rings. The first-order valence-electron chi connectivity index (χ1n) is 3.15. The Morgan fingerprint density at radius 1 is 1.56 bits per heavy atom. The lowest BCUT2D eigenvalue weighted by Crippen LogP contribution is -2.26. The van der Waals surface area contributed by atoms with Gasteiger partial charge in [-0.2, -0.15) is 0 Å². The Bertz CT molecular complexity index is 136. The molecule has 0 aromatic heterocycles. The van der Waals surface area contributed by atoms with Crippen molar-refractivity contribution in [1.82, 2.24) is 4.90 Å². The van der Waals surface area contributed by atoms with Crippen LogP contribution in [-0.2, 0) is 0 Å². The Morgan fingerprint density at radius 2 is 2.33 bits per heavy atom. The van der Waals surface area contributed by atoms with Crippen LogP contribution in [0.1, 0.15) is 6.42 Å². The molecule has 1 heterocycles. The number of likely N-dealkylation sites (N-methyl/N-ethyl adjacent to an activating group) is 1. The largest absolute Gasteiger partial charge is 0.303 e. The molecular weight excluding hydrogens is 112 g/mol. The third-order valence-electron chi connectivity index (χ3n) is 1.51. The van der Waals surface area contributed by atoms with E-state index in [-0.39, 0.29) is 0 Å². The molecule has 0 bridgehead atoms. The second kappa shape index (κ2) is 2.78. The molecule has 1 unspecified atom stereocenters. The van der Waals surface area contributed by atoms with Crippen molar-refractivity contribution in [2.45, 2.75) is 12.5 Å². The topological polar surface area (TPSA) is 15.6 Å². The Labute approximate surface area is 55.9 Å². The van der Waals surface area contributed by atoms with Crippen molar-refractivity contribution < 1.29 is 0 Å². The van der Waals surface area contributed by atoms with Crippen LogP contribution in [0.4, 0.5) is 0 Å². The molecule has 0 aromatic rings. The molecule has 0 spiro atoms. The average Bonchev–Trinajstić information content (AvgIpc) is 1.90. The maximum atomic E-state index is 3.98. The fourth-order valence-corrected chi connectivity index (χ4v) is 0.840. The lowest BCUT2D eigenvalue weighted by molar-refractivity contribution is 0.350. The zero-order chi connectivity index (χ0) is 6.69. The van der Waals surface area contributed by atoms with Crippen molar-refractivity contribution in [3.05, 3.63) is 12.3 Å². The highest BCUT2D eigenvalue weighted by molar-refractivity contribution is 5.60. The van der Waals surface area contributed by atoms with Crippen LogP contribution in [0.3, 0.4) is 0 Å². The molecule has 0 aliphatic carbocycles. The van der Waals surface area contributed by atoms with Crippen molar-refractivity contribution in [2.75, 3.05) is 14.1 Å². The average molecular weight is 124 g/mol. The summed E-state index contributed by atoms with van der Waals surface area (Å²) in [5, 5.41) is 0. The first kappa shape index (κ1) is 6.49. The molecule has 1 rings (SSSR count). The summed E-state index contributed by atoms with van der Waals surface area (Å²) in [6.45, 7) is 0. The molecule has 1 atom stereocenters. The van der Waals surface area contributed by atoms with E-state index in [1.807, 2.05) is 12.4 Å². The molecule has 9 heavy (non-hydrogen) atoms. The quantitative estimate of drug-likeness (QED) is 0.507. The van der Waals surface area contributed by atoms with Gasteiger partial charge in [0, 0.05) is 24.9 Å². The SMILES string of the molecule is CN(C)C1C=CN=CC1. The number of nitrogens with zero attached hydrogens (tertiary/aromatic N) is 2. The van der Waals surface area contributed by atoms with Gasteiger partial charge in [0.25, 0.3) is 0 Å². The molecule has 1 aliphatic heterocycles. The molecule has 2 heteroatoms. The highest BCUT2D eigenvalue weighted by Crippen LogP contribution is 2.03. The Kier molecular flexibility index (Phi) is 2.01. The summed E-state index contributed by atoms with van der Waals surface area (Å²) in [6, 6.07) is 0.558. The highest BCUT2D eigenvalue weighted by atomic mass is 15.1. The van der Waals surface area contributed by atoms with Crippen LogP contribution in [0.25, 0.3) is 0 Å². The van der Waals surface area contributed by atoms with E-state index in [1.165, 1.54) is 0 Å². The van der Waals surface area contributed by atoms with Crippen molar-refractivity contribution >= 4 is 6.21 Å². The molecule has 0 N–H and O–H groups in total. The van der Waals surface area contributed by atoms with Gasteiger partial charge in [0.1, 0.15) is 0 Å². The van der Waals surface area contributed by atoms with Gasteiger partial charge in [-0.05, 0) is 20.2 Å². The standard InChI is InChI=1S/C7H12N2/c1-9(2)7-3-5-8-6-4-7/h3,5-7H,4H2,1-2H3. The maximum Gasteiger partial charge on any atom is 0.0339 e. The lowest BCUT2D eigenvalue weighted by Gasteiger charge is -2.19. The van der Waals surface area contributed by atoms with E-state index < -0.39 is 0 Å². The summed E-state index contributed by atoms with van der Waals surface area (Å²) < 4.78 is 0. The molecule has 2 nitrogen and oxygen atoms in total. The van der Waals surface area contributed by atoms with Gasteiger partial charge in [-0.25, -0.2) is 0 Å². The minimum Gasteiger partial charge on any atom is -0.303 e. The van der Waals surface area contributed by atoms with Crippen molar-refractivity contribution in [1.29, 1.82) is 0 Å². The molecular formula is C7H12N2. The van der Waals surface area contributed by atoms with Crippen molar-refractivity contribution in [3.8, 4) is 0 Å². The Morgan fingerprint density at radius 3 is 2.67 bits per heavy atom. The van der Waals surface area contributed by atoms with Crippen LogP contribution in [0.2, 0.25) is 0 Å².